The van der Waals surface area contributed by atoms with Gasteiger partial charge in [0.1, 0.15) is 0 Å². The lowest BCUT2D eigenvalue weighted by Gasteiger charge is -2.20. The summed E-state index contributed by atoms with van der Waals surface area (Å²) < 4.78 is 11.3. The van der Waals surface area contributed by atoms with Gasteiger partial charge < -0.3 is 9.47 Å². The lowest BCUT2D eigenvalue weighted by Crippen LogP contribution is -2.21. The molecule has 1 atom stereocenters. The number of esters is 1. The van der Waals surface area contributed by atoms with Gasteiger partial charge in [-0.1, -0.05) is 147 Å². The van der Waals surface area contributed by atoms with Gasteiger partial charge in [0.25, 0.3) is 0 Å². The third-order valence-electron chi connectivity index (χ3n) is 6.95. The van der Waals surface area contributed by atoms with Crippen molar-refractivity contribution in [2.45, 2.75) is 136 Å². The fraction of sp³-hybridized carbons (Fsp3) is 0.774. The van der Waals surface area contributed by atoms with Gasteiger partial charge in [-0.25, -0.2) is 4.79 Å². The Labute approximate surface area is 211 Å². The molecule has 3 heteroatoms. The Balaban J connectivity index is 2.38. The van der Waals surface area contributed by atoms with Crippen LogP contribution in [-0.2, 0) is 14.3 Å². The highest BCUT2D eigenvalue weighted by Gasteiger charge is 2.22. The average Bonchev–Trinajstić information content (AvgIpc) is 2.86. The molecule has 0 aliphatic carbocycles. The van der Waals surface area contributed by atoms with Gasteiger partial charge in [0.05, 0.1) is 6.61 Å². The molecule has 196 valence electrons. The Morgan fingerprint density at radius 2 is 1.12 bits per heavy atom. The molecule has 0 aliphatic heterocycles. The van der Waals surface area contributed by atoms with Crippen LogP contribution in [0.3, 0.4) is 0 Å². The molecule has 1 aromatic carbocycles. The third-order valence-corrected chi connectivity index (χ3v) is 6.95. The van der Waals surface area contributed by atoms with Crippen LogP contribution in [0.25, 0.3) is 0 Å². The predicted molar refractivity (Wildman–Crippen MR) is 145 cm³/mol. The summed E-state index contributed by atoms with van der Waals surface area (Å²) in [4.78, 5) is 12.7. The molecule has 0 spiro atoms. The van der Waals surface area contributed by atoms with Crippen molar-refractivity contribution in [2.24, 2.45) is 5.92 Å². The third kappa shape index (κ3) is 15.5. The van der Waals surface area contributed by atoms with E-state index in [4.69, 9.17) is 9.47 Å². The summed E-state index contributed by atoms with van der Waals surface area (Å²) in [6, 6.07) is 9.66. The highest BCUT2D eigenvalue weighted by atomic mass is 16.6. The second-order valence-corrected chi connectivity index (χ2v) is 10.0. The molecule has 0 bridgehead atoms. The van der Waals surface area contributed by atoms with Gasteiger partial charge in [0.2, 0.25) is 0 Å². The zero-order chi connectivity index (χ0) is 24.7. The van der Waals surface area contributed by atoms with Crippen molar-refractivity contribution >= 4 is 5.97 Å². The van der Waals surface area contributed by atoms with Crippen LogP contribution in [0.5, 0.6) is 0 Å². The van der Waals surface area contributed by atoms with E-state index in [1.54, 1.807) is 7.11 Å². The molecule has 1 aromatic rings. The second kappa shape index (κ2) is 22.1. The molecule has 0 amide bonds. The van der Waals surface area contributed by atoms with E-state index in [2.05, 4.69) is 13.8 Å². The SMILES string of the molecule is CCCCCCCCCCC(CCCCCCCCCC)COC(=O)C(OC)c1ccccc1. The van der Waals surface area contributed by atoms with Crippen molar-refractivity contribution in [1.82, 2.24) is 0 Å². The van der Waals surface area contributed by atoms with Crippen molar-refractivity contribution in [3.63, 3.8) is 0 Å². The number of hydrogen-bond acceptors (Lipinski definition) is 3. The van der Waals surface area contributed by atoms with Crippen LogP contribution in [0.1, 0.15) is 141 Å². The van der Waals surface area contributed by atoms with E-state index in [1.165, 1.54) is 116 Å². The molecular formula is C31H54O3. The van der Waals surface area contributed by atoms with Crippen LogP contribution in [0.15, 0.2) is 30.3 Å². The number of hydrogen-bond donors (Lipinski definition) is 0. The van der Waals surface area contributed by atoms with Gasteiger partial charge in [-0.15, -0.1) is 0 Å². The number of rotatable bonds is 23. The van der Waals surface area contributed by atoms with Crippen LogP contribution in [0.2, 0.25) is 0 Å². The molecule has 0 fully saturated rings. The fourth-order valence-corrected chi connectivity index (χ4v) is 4.72. The maximum absolute atomic E-state index is 12.7. The molecule has 0 saturated carbocycles. The number of unbranched alkanes of at least 4 members (excludes halogenated alkanes) is 14. The number of carbonyl (C=O) groups is 1. The average molecular weight is 475 g/mol. The van der Waals surface area contributed by atoms with Gasteiger partial charge in [0, 0.05) is 7.11 Å². The Morgan fingerprint density at radius 1 is 0.676 bits per heavy atom. The summed E-state index contributed by atoms with van der Waals surface area (Å²) in [6.45, 7) is 5.07. The summed E-state index contributed by atoms with van der Waals surface area (Å²) in [5.74, 6) is 0.211. The first kappa shape index (κ1) is 30.7. The molecule has 1 rings (SSSR count). The van der Waals surface area contributed by atoms with Gasteiger partial charge in [-0.2, -0.15) is 0 Å². The Kier molecular flexibility index (Phi) is 20.0. The zero-order valence-corrected chi connectivity index (χ0v) is 22.7. The van der Waals surface area contributed by atoms with Gasteiger partial charge in [-0.05, 0) is 24.3 Å². The summed E-state index contributed by atoms with van der Waals surface area (Å²) in [5.41, 5.74) is 0.859. The van der Waals surface area contributed by atoms with E-state index in [9.17, 15) is 4.79 Å². The maximum Gasteiger partial charge on any atom is 0.339 e. The Bertz CT molecular complexity index is 551. The summed E-state index contributed by atoms with van der Waals surface area (Å²) in [7, 11) is 1.58. The molecule has 0 heterocycles. The quantitative estimate of drug-likeness (QED) is 0.117. The van der Waals surface area contributed by atoms with E-state index in [1.807, 2.05) is 30.3 Å². The fourth-order valence-electron chi connectivity index (χ4n) is 4.72. The smallest absolute Gasteiger partial charge is 0.339 e. The monoisotopic (exact) mass is 474 g/mol. The van der Waals surface area contributed by atoms with Crippen molar-refractivity contribution in [3.8, 4) is 0 Å². The first-order valence-electron chi connectivity index (χ1n) is 14.5. The second-order valence-electron chi connectivity index (χ2n) is 10.0. The summed E-state index contributed by atoms with van der Waals surface area (Å²) in [6.07, 6.45) is 23.1. The Morgan fingerprint density at radius 3 is 1.56 bits per heavy atom. The number of methoxy groups -OCH3 is 1. The molecule has 0 aromatic heterocycles. The zero-order valence-electron chi connectivity index (χ0n) is 22.7. The minimum absolute atomic E-state index is 0.259. The first-order chi connectivity index (χ1) is 16.7. The van der Waals surface area contributed by atoms with Gasteiger partial charge >= 0.3 is 5.97 Å². The van der Waals surface area contributed by atoms with E-state index >= 15 is 0 Å². The molecule has 0 aliphatic rings. The predicted octanol–water partition coefficient (Wildman–Crippen LogP) is 9.60. The highest BCUT2D eigenvalue weighted by Crippen LogP contribution is 2.23. The van der Waals surface area contributed by atoms with Crippen LogP contribution in [0.4, 0.5) is 0 Å². The normalized spacial score (nSPS) is 12.2. The molecule has 34 heavy (non-hydrogen) atoms. The van der Waals surface area contributed by atoms with Crippen molar-refractivity contribution in [3.05, 3.63) is 35.9 Å². The van der Waals surface area contributed by atoms with Crippen molar-refractivity contribution in [2.75, 3.05) is 13.7 Å². The van der Waals surface area contributed by atoms with Crippen LogP contribution < -0.4 is 0 Å². The number of carbonyl (C=O) groups excluding carboxylic acids is 1. The maximum atomic E-state index is 12.7. The molecular weight excluding hydrogens is 420 g/mol. The van der Waals surface area contributed by atoms with E-state index in [-0.39, 0.29) is 5.97 Å². The largest absolute Gasteiger partial charge is 0.463 e. The van der Waals surface area contributed by atoms with Crippen molar-refractivity contribution < 1.29 is 14.3 Å². The van der Waals surface area contributed by atoms with Gasteiger partial charge in [-0.3, -0.25) is 0 Å². The summed E-state index contributed by atoms with van der Waals surface area (Å²) >= 11 is 0. The minimum Gasteiger partial charge on any atom is -0.463 e. The molecule has 3 nitrogen and oxygen atoms in total. The molecule has 0 radical (unpaired) electrons. The molecule has 0 saturated heterocycles. The van der Waals surface area contributed by atoms with Crippen LogP contribution >= 0.6 is 0 Å². The number of ether oxygens (including phenoxy) is 2. The lowest BCUT2D eigenvalue weighted by atomic mass is 9.94. The first-order valence-corrected chi connectivity index (χ1v) is 14.5. The summed E-state index contributed by atoms with van der Waals surface area (Å²) in [5, 5.41) is 0. The lowest BCUT2D eigenvalue weighted by molar-refractivity contribution is -0.157. The van der Waals surface area contributed by atoms with Crippen LogP contribution in [0, 0.1) is 5.92 Å². The molecule has 1 unspecified atom stereocenters. The van der Waals surface area contributed by atoms with E-state index in [0.29, 0.717) is 12.5 Å². The van der Waals surface area contributed by atoms with Crippen molar-refractivity contribution in [1.29, 1.82) is 0 Å². The number of benzene rings is 1. The minimum atomic E-state index is -0.631. The molecule has 0 N–H and O–H groups in total. The van der Waals surface area contributed by atoms with Gasteiger partial charge in [0.15, 0.2) is 6.10 Å². The van der Waals surface area contributed by atoms with Crippen LogP contribution in [-0.4, -0.2) is 19.7 Å². The highest BCUT2D eigenvalue weighted by molar-refractivity contribution is 5.76. The van der Waals surface area contributed by atoms with E-state index in [0.717, 1.165) is 5.56 Å². The standard InChI is InChI=1S/C31H54O3/c1-4-6-8-10-12-14-16-19-23-28(24-20-17-15-13-11-9-7-5-2)27-34-31(32)30(33-3)29-25-21-18-22-26-29/h18,21-22,25-26,28,30H,4-17,19-20,23-24,27H2,1-3H3. The topological polar surface area (TPSA) is 35.5 Å². The Hall–Kier alpha value is -1.35. The van der Waals surface area contributed by atoms with E-state index < -0.39 is 6.10 Å².